The summed E-state index contributed by atoms with van der Waals surface area (Å²) >= 11 is 0. The number of anilines is 1. The highest BCUT2D eigenvalue weighted by Gasteiger charge is 2.49. The van der Waals surface area contributed by atoms with E-state index in [-0.39, 0.29) is 12.1 Å². The molecule has 1 aliphatic rings. The lowest BCUT2D eigenvalue weighted by Crippen LogP contribution is -2.54. The van der Waals surface area contributed by atoms with Crippen molar-refractivity contribution in [2.24, 2.45) is 5.10 Å². The number of hydrogen-bond acceptors (Lipinski definition) is 6. The summed E-state index contributed by atoms with van der Waals surface area (Å²) in [7, 11) is 3.24. The molecule has 7 nitrogen and oxygen atoms in total. The molecular weight excluding hydrogens is 330 g/mol. The van der Waals surface area contributed by atoms with Crippen molar-refractivity contribution in [3.8, 4) is 11.5 Å². The van der Waals surface area contributed by atoms with Crippen LogP contribution in [-0.2, 0) is 0 Å². The Balaban J connectivity index is 2.37. The lowest BCUT2D eigenvalue weighted by Gasteiger charge is -2.35. The summed E-state index contributed by atoms with van der Waals surface area (Å²) in [5.41, 5.74) is 8.58. The van der Waals surface area contributed by atoms with Crippen LogP contribution in [0.5, 0.6) is 11.5 Å². The molecule has 0 fully saturated rings. The molecular formula is C19H26N5O2+. The number of methoxy groups -OCH3 is 2. The standard InChI is InChI=1S/C19H26N5O2/c1-11(2)24(12(3)4)19-15(18(20)21-10-22-19)16(23-24)13-8-7-9-14(25-5)17(13)26-6/h7-12H,1-6H3,(H2,20,21,22)/q+1. The number of ether oxygens (including phenoxy) is 2. The molecule has 0 unspecified atom stereocenters. The number of fused-ring (bicyclic) bond motifs is 1. The molecule has 7 heteroatoms. The van der Waals surface area contributed by atoms with E-state index in [1.807, 2.05) is 18.2 Å². The van der Waals surface area contributed by atoms with Crippen molar-refractivity contribution in [2.75, 3.05) is 20.0 Å². The molecule has 26 heavy (non-hydrogen) atoms. The lowest BCUT2D eigenvalue weighted by atomic mass is 10.0. The molecule has 1 aromatic heterocycles. The monoisotopic (exact) mass is 356 g/mol. The van der Waals surface area contributed by atoms with Gasteiger partial charge in [-0.2, -0.15) is 4.98 Å². The molecule has 2 N–H and O–H groups in total. The molecule has 0 amide bonds. The highest BCUT2D eigenvalue weighted by Crippen LogP contribution is 2.44. The first kappa shape index (κ1) is 18.1. The van der Waals surface area contributed by atoms with Gasteiger partial charge in [0.05, 0.1) is 19.8 Å². The molecule has 2 heterocycles. The van der Waals surface area contributed by atoms with Gasteiger partial charge in [0, 0.05) is 0 Å². The average Bonchev–Trinajstić information content (AvgIpc) is 2.98. The van der Waals surface area contributed by atoms with Gasteiger partial charge in [-0.15, -0.1) is 4.59 Å². The van der Waals surface area contributed by atoms with E-state index < -0.39 is 0 Å². The van der Waals surface area contributed by atoms with Crippen molar-refractivity contribution in [2.45, 2.75) is 39.8 Å². The first-order valence-electron chi connectivity index (χ1n) is 8.69. The smallest absolute Gasteiger partial charge is 0.269 e. The quantitative estimate of drug-likeness (QED) is 0.833. The summed E-state index contributed by atoms with van der Waals surface area (Å²) in [6, 6.07) is 6.08. The van der Waals surface area contributed by atoms with E-state index in [2.05, 4.69) is 37.7 Å². The van der Waals surface area contributed by atoms with Crippen LogP contribution in [-0.4, -0.2) is 42.0 Å². The molecule has 3 rings (SSSR count). The van der Waals surface area contributed by atoms with Gasteiger partial charge in [-0.25, -0.2) is 4.98 Å². The zero-order chi connectivity index (χ0) is 19.1. The number of nitrogen functional groups attached to an aromatic ring is 1. The summed E-state index contributed by atoms with van der Waals surface area (Å²) in [5.74, 6) is 2.50. The van der Waals surface area contributed by atoms with E-state index in [1.165, 1.54) is 6.33 Å². The molecule has 138 valence electrons. The summed E-state index contributed by atoms with van der Waals surface area (Å²) in [6.45, 7) is 8.54. The van der Waals surface area contributed by atoms with E-state index in [0.717, 1.165) is 22.7 Å². The first-order valence-corrected chi connectivity index (χ1v) is 8.69. The van der Waals surface area contributed by atoms with Gasteiger partial charge in [0.25, 0.3) is 5.82 Å². The number of aromatic nitrogens is 2. The van der Waals surface area contributed by atoms with Crippen molar-refractivity contribution in [3.05, 3.63) is 35.7 Å². The third kappa shape index (κ3) is 2.42. The zero-order valence-electron chi connectivity index (χ0n) is 16.1. The van der Waals surface area contributed by atoms with Crippen molar-refractivity contribution >= 4 is 17.3 Å². The fourth-order valence-corrected chi connectivity index (χ4v) is 3.73. The third-order valence-electron chi connectivity index (χ3n) is 4.93. The van der Waals surface area contributed by atoms with Gasteiger partial charge in [-0.3, -0.25) is 0 Å². The lowest BCUT2D eigenvalue weighted by molar-refractivity contribution is 0.185. The second-order valence-corrected chi connectivity index (χ2v) is 6.87. The van der Waals surface area contributed by atoms with Crippen molar-refractivity contribution in [1.82, 2.24) is 14.6 Å². The first-order chi connectivity index (χ1) is 12.4. The average molecular weight is 356 g/mol. The van der Waals surface area contributed by atoms with Crippen LogP contribution in [0.2, 0.25) is 0 Å². The maximum atomic E-state index is 6.27. The molecule has 0 spiro atoms. The number of quaternary nitrogens is 1. The predicted molar refractivity (Wildman–Crippen MR) is 104 cm³/mol. The van der Waals surface area contributed by atoms with Crippen molar-refractivity contribution < 1.29 is 9.47 Å². The number of para-hydroxylation sites is 1. The number of benzene rings is 1. The van der Waals surface area contributed by atoms with Gasteiger partial charge in [0.15, 0.2) is 11.5 Å². The fraction of sp³-hybridized carbons (Fsp3) is 0.421. The van der Waals surface area contributed by atoms with E-state index >= 15 is 0 Å². The predicted octanol–water partition coefficient (Wildman–Crippen LogP) is 2.97. The van der Waals surface area contributed by atoms with Gasteiger partial charge >= 0.3 is 0 Å². The van der Waals surface area contributed by atoms with E-state index in [0.29, 0.717) is 21.9 Å². The van der Waals surface area contributed by atoms with Crippen LogP contribution >= 0.6 is 0 Å². The zero-order valence-corrected chi connectivity index (χ0v) is 16.1. The van der Waals surface area contributed by atoms with Crippen LogP contribution < -0.4 is 19.8 Å². The topological polar surface area (TPSA) is 82.6 Å². The van der Waals surface area contributed by atoms with Gasteiger partial charge in [-0.05, 0) is 39.8 Å². The minimum atomic E-state index is 0.178. The SMILES string of the molecule is COc1cccc(C2=N[N+](C(C)C)(C(C)C)c3ncnc(N)c32)c1OC. The molecule has 0 aliphatic carbocycles. The van der Waals surface area contributed by atoms with E-state index in [9.17, 15) is 0 Å². The Bertz CT molecular complexity index is 853. The largest absolute Gasteiger partial charge is 0.493 e. The van der Waals surface area contributed by atoms with Gasteiger partial charge in [0.2, 0.25) is 0 Å². The Morgan fingerprint density at radius 2 is 1.69 bits per heavy atom. The highest BCUT2D eigenvalue weighted by atomic mass is 16.5. The van der Waals surface area contributed by atoms with Crippen LogP contribution in [0.15, 0.2) is 29.6 Å². The Kier molecular flexibility index (Phi) is 4.58. The van der Waals surface area contributed by atoms with Crippen molar-refractivity contribution in [1.29, 1.82) is 0 Å². The Hall–Kier alpha value is -2.67. The Morgan fingerprint density at radius 1 is 1.00 bits per heavy atom. The number of hydrogen-bond donors (Lipinski definition) is 1. The summed E-state index contributed by atoms with van der Waals surface area (Å²) in [4.78, 5) is 8.80. The van der Waals surface area contributed by atoms with Gasteiger partial charge in [-0.1, -0.05) is 11.2 Å². The summed E-state index contributed by atoms with van der Waals surface area (Å²) < 4.78 is 11.4. The molecule has 0 radical (unpaired) electrons. The van der Waals surface area contributed by atoms with Crippen molar-refractivity contribution in [3.63, 3.8) is 0 Å². The van der Waals surface area contributed by atoms with Crippen LogP contribution in [0.25, 0.3) is 0 Å². The second-order valence-electron chi connectivity index (χ2n) is 6.87. The number of nitrogens with zero attached hydrogens (tertiary/aromatic N) is 4. The molecule has 0 bridgehead atoms. The van der Waals surface area contributed by atoms with E-state index in [1.54, 1.807) is 14.2 Å². The molecule has 0 saturated heterocycles. The minimum absolute atomic E-state index is 0.178. The maximum Gasteiger partial charge on any atom is 0.269 e. The Labute approximate surface area is 154 Å². The number of rotatable bonds is 5. The fourth-order valence-electron chi connectivity index (χ4n) is 3.73. The summed E-state index contributed by atoms with van der Waals surface area (Å²) in [6.07, 6.45) is 1.51. The molecule has 1 aromatic carbocycles. The van der Waals surface area contributed by atoms with Gasteiger partial charge < -0.3 is 15.2 Å². The van der Waals surface area contributed by atoms with Crippen LogP contribution in [0, 0.1) is 0 Å². The maximum absolute atomic E-state index is 6.27. The molecule has 0 saturated carbocycles. The Morgan fingerprint density at radius 3 is 2.27 bits per heavy atom. The number of nitrogens with two attached hydrogens (primary N) is 1. The third-order valence-corrected chi connectivity index (χ3v) is 4.93. The summed E-state index contributed by atoms with van der Waals surface area (Å²) in [5, 5.41) is 5.14. The van der Waals surface area contributed by atoms with Gasteiger partial charge in [0.1, 0.15) is 35.5 Å². The molecule has 0 atom stereocenters. The molecule has 2 aromatic rings. The van der Waals surface area contributed by atoms with Crippen LogP contribution in [0.3, 0.4) is 0 Å². The van der Waals surface area contributed by atoms with Crippen LogP contribution in [0.4, 0.5) is 11.6 Å². The van der Waals surface area contributed by atoms with Crippen LogP contribution in [0.1, 0.15) is 38.8 Å². The second kappa shape index (κ2) is 6.57. The minimum Gasteiger partial charge on any atom is -0.493 e. The molecule has 1 aliphatic heterocycles. The normalized spacial score (nSPS) is 15.2. The van der Waals surface area contributed by atoms with E-state index in [4.69, 9.17) is 20.3 Å². The highest BCUT2D eigenvalue weighted by molar-refractivity contribution is 6.21.